The van der Waals surface area contributed by atoms with Crippen LogP contribution in [0.1, 0.15) is 34.1 Å². The van der Waals surface area contributed by atoms with Gasteiger partial charge in [-0.15, -0.1) is 0 Å². The molecule has 2 atom stereocenters. The molecule has 0 heterocycles. The molecular weight excluding hydrogens is 178 g/mol. The molecule has 3 heteroatoms. The number of hydrogen-bond donors (Lipinski definition) is 1. The third kappa shape index (κ3) is 6.35. The van der Waals surface area contributed by atoms with E-state index < -0.39 is 0 Å². The molecule has 0 saturated heterocycles. The summed E-state index contributed by atoms with van der Waals surface area (Å²) in [6, 6.07) is 0.431. The Morgan fingerprint density at radius 1 is 1.29 bits per heavy atom. The van der Waals surface area contributed by atoms with Gasteiger partial charge in [-0.25, -0.2) is 0 Å². The van der Waals surface area contributed by atoms with Crippen molar-refractivity contribution < 1.29 is 9.84 Å². The van der Waals surface area contributed by atoms with Crippen molar-refractivity contribution in [3.8, 4) is 0 Å². The molecule has 0 aromatic rings. The van der Waals surface area contributed by atoms with Crippen molar-refractivity contribution in [1.29, 1.82) is 0 Å². The van der Waals surface area contributed by atoms with E-state index in [1.165, 1.54) is 0 Å². The van der Waals surface area contributed by atoms with Crippen LogP contribution in [0.15, 0.2) is 0 Å². The van der Waals surface area contributed by atoms with Gasteiger partial charge in [-0.1, -0.05) is 6.92 Å². The van der Waals surface area contributed by atoms with Crippen LogP contribution in [-0.2, 0) is 4.74 Å². The molecule has 14 heavy (non-hydrogen) atoms. The highest BCUT2D eigenvalue weighted by molar-refractivity contribution is 4.68. The number of aliphatic hydroxyl groups is 1. The van der Waals surface area contributed by atoms with E-state index in [1.54, 1.807) is 0 Å². The van der Waals surface area contributed by atoms with Gasteiger partial charge in [0.1, 0.15) is 0 Å². The van der Waals surface area contributed by atoms with Crippen LogP contribution >= 0.6 is 0 Å². The minimum Gasteiger partial charge on any atom is -0.393 e. The van der Waals surface area contributed by atoms with Crippen molar-refractivity contribution in [1.82, 2.24) is 4.90 Å². The summed E-state index contributed by atoms with van der Waals surface area (Å²) in [6.07, 6.45) is 0.617. The molecule has 0 radical (unpaired) electrons. The van der Waals surface area contributed by atoms with Crippen LogP contribution in [0.5, 0.6) is 0 Å². The maximum Gasteiger partial charge on any atom is 0.0593 e. The Bertz CT molecular complexity index is 128. The van der Waals surface area contributed by atoms with Gasteiger partial charge in [-0.2, -0.15) is 0 Å². The minimum absolute atomic E-state index is 0.217. The van der Waals surface area contributed by atoms with Crippen LogP contribution in [0.2, 0.25) is 0 Å². The van der Waals surface area contributed by atoms with Crippen LogP contribution in [0.3, 0.4) is 0 Å². The summed E-state index contributed by atoms with van der Waals surface area (Å²) >= 11 is 0. The zero-order valence-corrected chi connectivity index (χ0v) is 9.99. The number of rotatable bonds is 8. The fourth-order valence-electron chi connectivity index (χ4n) is 1.66. The molecule has 1 N–H and O–H groups in total. The Morgan fingerprint density at radius 2 is 1.93 bits per heavy atom. The van der Waals surface area contributed by atoms with E-state index in [-0.39, 0.29) is 6.10 Å². The Kier molecular flexibility index (Phi) is 8.14. The Balaban J connectivity index is 3.74. The maximum absolute atomic E-state index is 9.28. The zero-order chi connectivity index (χ0) is 11.0. The Labute approximate surface area is 88.1 Å². The zero-order valence-electron chi connectivity index (χ0n) is 9.99. The second kappa shape index (κ2) is 8.21. The molecule has 0 aromatic heterocycles. The van der Waals surface area contributed by atoms with Crippen molar-refractivity contribution >= 4 is 0 Å². The van der Waals surface area contributed by atoms with Crippen LogP contribution in [-0.4, -0.2) is 48.5 Å². The average molecular weight is 203 g/mol. The number of nitrogens with zero attached hydrogens (tertiary/aromatic N) is 1. The van der Waals surface area contributed by atoms with Gasteiger partial charge in [0, 0.05) is 19.2 Å². The van der Waals surface area contributed by atoms with Gasteiger partial charge in [0.2, 0.25) is 0 Å². The summed E-state index contributed by atoms with van der Waals surface area (Å²) in [6.45, 7) is 11.7. The van der Waals surface area contributed by atoms with Gasteiger partial charge in [0.15, 0.2) is 0 Å². The molecule has 0 fully saturated rings. The first-order valence-electron chi connectivity index (χ1n) is 5.61. The predicted molar refractivity (Wildman–Crippen MR) is 59.5 cm³/mol. The van der Waals surface area contributed by atoms with E-state index in [0.717, 1.165) is 32.7 Å². The summed E-state index contributed by atoms with van der Waals surface area (Å²) < 4.78 is 5.32. The van der Waals surface area contributed by atoms with E-state index in [2.05, 4.69) is 18.7 Å². The molecule has 0 saturated carbocycles. The number of ether oxygens (including phenoxy) is 1. The predicted octanol–water partition coefficient (Wildman–Crippen LogP) is 1.50. The molecule has 3 nitrogen and oxygen atoms in total. The van der Waals surface area contributed by atoms with Gasteiger partial charge >= 0.3 is 0 Å². The first-order chi connectivity index (χ1) is 6.61. The van der Waals surface area contributed by atoms with Crippen molar-refractivity contribution in [2.75, 3.05) is 26.3 Å². The van der Waals surface area contributed by atoms with Crippen LogP contribution in [0.4, 0.5) is 0 Å². The van der Waals surface area contributed by atoms with Crippen molar-refractivity contribution in [3.05, 3.63) is 0 Å². The van der Waals surface area contributed by atoms with Crippen molar-refractivity contribution in [2.45, 2.75) is 46.3 Å². The van der Waals surface area contributed by atoms with Crippen LogP contribution in [0.25, 0.3) is 0 Å². The van der Waals surface area contributed by atoms with Crippen molar-refractivity contribution in [3.63, 3.8) is 0 Å². The summed E-state index contributed by atoms with van der Waals surface area (Å²) in [4.78, 5) is 2.34. The Hall–Kier alpha value is -0.120. The highest BCUT2D eigenvalue weighted by Gasteiger charge is 2.13. The molecule has 0 amide bonds. The number of likely N-dealkylation sites (N-methyl/N-ethyl adjacent to an activating group) is 1. The van der Waals surface area contributed by atoms with Crippen LogP contribution < -0.4 is 0 Å². The summed E-state index contributed by atoms with van der Waals surface area (Å²) in [5.41, 5.74) is 0. The van der Waals surface area contributed by atoms with Gasteiger partial charge in [0.05, 0.1) is 12.7 Å². The smallest absolute Gasteiger partial charge is 0.0593 e. The summed E-state index contributed by atoms with van der Waals surface area (Å²) in [7, 11) is 0. The van der Waals surface area contributed by atoms with Gasteiger partial charge in [-0.3, -0.25) is 4.90 Å². The molecule has 0 aliphatic rings. The number of hydrogen-bond acceptors (Lipinski definition) is 3. The molecule has 0 aliphatic heterocycles. The molecule has 0 aliphatic carbocycles. The monoisotopic (exact) mass is 203 g/mol. The highest BCUT2D eigenvalue weighted by atomic mass is 16.5. The fourth-order valence-corrected chi connectivity index (χ4v) is 1.66. The van der Waals surface area contributed by atoms with E-state index in [4.69, 9.17) is 4.74 Å². The largest absolute Gasteiger partial charge is 0.393 e. The summed E-state index contributed by atoms with van der Waals surface area (Å²) in [5.74, 6) is 0. The van der Waals surface area contributed by atoms with E-state index in [9.17, 15) is 5.11 Å². The second-order valence-corrected chi connectivity index (χ2v) is 3.76. The molecule has 0 bridgehead atoms. The minimum atomic E-state index is -0.217. The lowest BCUT2D eigenvalue weighted by Gasteiger charge is -2.28. The lowest BCUT2D eigenvalue weighted by molar-refractivity contribution is 0.0799. The topological polar surface area (TPSA) is 32.7 Å². The average Bonchev–Trinajstić information content (AvgIpc) is 2.11. The quantitative estimate of drug-likeness (QED) is 0.607. The first-order valence-corrected chi connectivity index (χ1v) is 5.61. The van der Waals surface area contributed by atoms with Crippen molar-refractivity contribution in [2.24, 2.45) is 0 Å². The maximum atomic E-state index is 9.28. The lowest BCUT2D eigenvalue weighted by atomic mass is 10.1. The van der Waals surface area contributed by atoms with E-state index in [0.29, 0.717) is 6.04 Å². The third-order valence-electron chi connectivity index (χ3n) is 2.44. The molecule has 0 rings (SSSR count). The van der Waals surface area contributed by atoms with Crippen LogP contribution in [0, 0.1) is 0 Å². The molecule has 0 aromatic carbocycles. The number of aliphatic hydroxyl groups excluding tert-OH is 1. The van der Waals surface area contributed by atoms with Gasteiger partial charge in [-0.05, 0) is 33.7 Å². The SMILES string of the molecule is CCOCCN(CC)C(C)CC(C)O. The third-order valence-corrected chi connectivity index (χ3v) is 2.44. The lowest BCUT2D eigenvalue weighted by Crippen LogP contribution is -2.37. The molecule has 0 spiro atoms. The molecular formula is C11H25NO2. The molecule has 2 unspecified atom stereocenters. The van der Waals surface area contributed by atoms with Gasteiger partial charge < -0.3 is 9.84 Å². The first kappa shape index (κ1) is 13.9. The second-order valence-electron chi connectivity index (χ2n) is 3.76. The Morgan fingerprint density at radius 3 is 2.36 bits per heavy atom. The fraction of sp³-hybridized carbons (Fsp3) is 1.00. The van der Waals surface area contributed by atoms with E-state index >= 15 is 0 Å². The highest BCUT2D eigenvalue weighted by Crippen LogP contribution is 2.06. The van der Waals surface area contributed by atoms with E-state index in [1.807, 2.05) is 13.8 Å². The molecule has 86 valence electrons. The normalized spacial score (nSPS) is 15.9. The van der Waals surface area contributed by atoms with Gasteiger partial charge in [0.25, 0.3) is 0 Å². The standard InChI is InChI=1S/C11H25NO2/c1-5-12(7-8-14-6-2)10(3)9-11(4)13/h10-11,13H,5-9H2,1-4H3. The summed E-state index contributed by atoms with van der Waals surface area (Å²) in [5, 5.41) is 9.28.